The Morgan fingerprint density at radius 3 is 2.52 bits per heavy atom. The van der Waals surface area contributed by atoms with Crippen molar-refractivity contribution >= 4 is 22.9 Å². The molecule has 2 aromatic heterocycles. The molecule has 0 atom stereocenters. The molecule has 0 saturated carbocycles. The quantitative estimate of drug-likeness (QED) is 0.288. The third-order valence-electron chi connectivity index (χ3n) is 4.05. The third kappa shape index (κ3) is 5.21. The lowest BCUT2D eigenvalue weighted by molar-refractivity contribution is -0.136. The second-order valence-corrected chi connectivity index (χ2v) is 7.07. The smallest absolute Gasteiger partial charge is 0.430 e. The number of pyridine rings is 1. The number of ether oxygens (including phenoxy) is 3. The maximum Gasteiger partial charge on any atom is 0.430 e. The van der Waals surface area contributed by atoms with Crippen molar-refractivity contribution < 1.29 is 32.2 Å². The van der Waals surface area contributed by atoms with Crippen LogP contribution in [0.4, 0.5) is 13.2 Å². The van der Waals surface area contributed by atoms with Crippen LogP contribution in [-0.2, 0) is 27.1 Å². The highest BCUT2D eigenvalue weighted by molar-refractivity contribution is 7.15. The predicted molar refractivity (Wildman–Crippen MR) is 108 cm³/mol. The van der Waals surface area contributed by atoms with Gasteiger partial charge in [-0.05, 0) is 23.3 Å². The van der Waals surface area contributed by atoms with Crippen LogP contribution in [0, 0.1) is 0 Å². The summed E-state index contributed by atoms with van der Waals surface area (Å²) in [6.45, 7) is -0.261. The zero-order valence-electron chi connectivity index (χ0n) is 16.5. The molecule has 10 heteroatoms. The molecule has 0 fully saturated rings. The highest BCUT2D eigenvalue weighted by Gasteiger charge is 2.39. The van der Waals surface area contributed by atoms with E-state index in [1.165, 1.54) is 26.7 Å². The van der Waals surface area contributed by atoms with Crippen molar-refractivity contribution in [3.05, 3.63) is 70.9 Å². The second kappa shape index (κ2) is 9.61. The summed E-state index contributed by atoms with van der Waals surface area (Å²) in [5.41, 5.74) is 1.28. The summed E-state index contributed by atoms with van der Waals surface area (Å²) in [6.07, 6.45) is -1.97. The average Bonchev–Trinajstić information content (AvgIpc) is 3.21. The van der Waals surface area contributed by atoms with Crippen LogP contribution in [0.15, 0.2) is 54.9 Å². The first-order valence-electron chi connectivity index (χ1n) is 8.87. The van der Waals surface area contributed by atoms with Gasteiger partial charge in [-0.25, -0.2) is 4.79 Å². The highest BCUT2D eigenvalue weighted by Crippen LogP contribution is 2.43. The molecule has 0 bridgehead atoms. The number of esters is 1. The molecule has 31 heavy (non-hydrogen) atoms. The fourth-order valence-electron chi connectivity index (χ4n) is 2.69. The zero-order chi connectivity index (χ0) is 22.4. The maximum absolute atomic E-state index is 13.5. The first kappa shape index (κ1) is 22.3. The summed E-state index contributed by atoms with van der Waals surface area (Å²) >= 11 is 0.453. The van der Waals surface area contributed by atoms with Gasteiger partial charge in [-0.15, -0.1) is 11.3 Å². The van der Waals surface area contributed by atoms with Crippen LogP contribution >= 0.6 is 11.3 Å². The fraction of sp³-hybridized carbons (Fsp3) is 0.190. The monoisotopic (exact) mass is 450 g/mol. The number of nitrogens with zero attached hydrogens (tertiary/aromatic N) is 2. The first-order chi connectivity index (χ1) is 14.8. The molecule has 3 aromatic rings. The number of thiazole rings is 1. The van der Waals surface area contributed by atoms with Gasteiger partial charge in [0, 0.05) is 6.20 Å². The van der Waals surface area contributed by atoms with E-state index in [0.29, 0.717) is 28.2 Å². The van der Waals surface area contributed by atoms with E-state index in [-0.39, 0.29) is 17.2 Å². The van der Waals surface area contributed by atoms with Crippen LogP contribution in [-0.4, -0.2) is 30.2 Å². The largest absolute Gasteiger partial charge is 0.503 e. The minimum absolute atomic E-state index is 0.0886. The van der Waals surface area contributed by atoms with Gasteiger partial charge in [0.25, 0.3) is 0 Å². The molecule has 0 spiro atoms. The number of alkyl halides is 3. The van der Waals surface area contributed by atoms with Gasteiger partial charge in [0.2, 0.25) is 5.88 Å². The SMILES string of the molecule is CO/C=C(/C(=O)OC)c1ccccc1COc1nc(-c2ccccn2)sc1C(F)(F)F. The Morgan fingerprint density at radius 1 is 1.13 bits per heavy atom. The molecule has 0 aliphatic rings. The molecule has 0 aliphatic heterocycles. The lowest BCUT2D eigenvalue weighted by Crippen LogP contribution is -2.10. The van der Waals surface area contributed by atoms with Crippen molar-refractivity contribution in [3.63, 3.8) is 0 Å². The van der Waals surface area contributed by atoms with Gasteiger partial charge >= 0.3 is 12.1 Å². The Hall–Kier alpha value is -3.40. The summed E-state index contributed by atoms with van der Waals surface area (Å²) in [6, 6.07) is 11.5. The highest BCUT2D eigenvalue weighted by atomic mass is 32.1. The minimum Gasteiger partial charge on any atom is -0.503 e. The minimum atomic E-state index is -4.65. The molecule has 0 amide bonds. The number of hydrogen-bond acceptors (Lipinski definition) is 7. The standard InChI is InChI=1S/C21H17F3N2O4S/c1-28-12-15(20(27)29-2)14-8-4-3-7-13(14)11-30-18-17(21(22,23)24)31-19(26-18)16-9-5-6-10-25-16/h3-10,12H,11H2,1-2H3/b15-12+. The lowest BCUT2D eigenvalue weighted by Gasteiger charge is -2.13. The number of rotatable bonds is 7. The molecular weight excluding hydrogens is 433 g/mol. The predicted octanol–water partition coefficient (Wildman–Crippen LogP) is 4.96. The van der Waals surface area contributed by atoms with Crippen LogP contribution in [0.5, 0.6) is 5.88 Å². The van der Waals surface area contributed by atoms with E-state index in [4.69, 9.17) is 14.2 Å². The van der Waals surface area contributed by atoms with Gasteiger partial charge in [-0.3, -0.25) is 4.98 Å². The van der Waals surface area contributed by atoms with Crippen molar-refractivity contribution in [3.8, 4) is 16.6 Å². The molecule has 0 saturated heterocycles. The van der Waals surface area contributed by atoms with E-state index < -0.39 is 22.9 Å². The van der Waals surface area contributed by atoms with Crippen LogP contribution in [0.1, 0.15) is 16.0 Å². The number of aromatic nitrogens is 2. The molecule has 0 unspecified atom stereocenters. The van der Waals surface area contributed by atoms with Crippen molar-refractivity contribution in [2.24, 2.45) is 0 Å². The number of benzene rings is 1. The van der Waals surface area contributed by atoms with Gasteiger partial charge in [0.15, 0.2) is 4.88 Å². The molecule has 3 rings (SSSR count). The molecule has 0 aliphatic carbocycles. The van der Waals surface area contributed by atoms with E-state index in [0.717, 1.165) is 0 Å². The third-order valence-corrected chi connectivity index (χ3v) is 5.15. The van der Waals surface area contributed by atoms with Gasteiger partial charge in [0.1, 0.15) is 17.2 Å². The topological polar surface area (TPSA) is 70.5 Å². The molecular formula is C21H17F3N2O4S. The fourth-order valence-corrected chi connectivity index (χ4v) is 3.54. The summed E-state index contributed by atoms with van der Waals surface area (Å²) in [7, 11) is 2.58. The van der Waals surface area contributed by atoms with Gasteiger partial charge < -0.3 is 14.2 Å². The number of carbonyl (C=O) groups excluding carboxylic acids is 1. The maximum atomic E-state index is 13.5. The van der Waals surface area contributed by atoms with Gasteiger partial charge in [0.05, 0.1) is 26.2 Å². The number of hydrogen-bond donors (Lipinski definition) is 0. The van der Waals surface area contributed by atoms with Crippen LogP contribution in [0.3, 0.4) is 0 Å². The van der Waals surface area contributed by atoms with Gasteiger partial charge in [-0.2, -0.15) is 18.2 Å². The molecule has 1 aromatic carbocycles. The van der Waals surface area contributed by atoms with E-state index in [9.17, 15) is 18.0 Å². The molecule has 6 nitrogen and oxygen atoms in total. The van der Waals surface area contributed by atoms with Crippen molar-refractivity contribution in [1.82, 2.24) is 9.97 Å². The van der Waals surface area contributed by atoms with Crippen LogP contribution < -0.4 is 4.74 Å². The number of carbonyl (C=O) groups is 1. The zero-order valence-corrected chi connectivity index (χ0v) is 17.3. The molecule has 162 valence electrons. The Morgan fingerprint density at radius 2 is 1.87 bits per heavy atom. The Bertz CT molecular complexity index is 1080. The van der Waals surface area contributed by atoms with E-state index in [1.54, 1.807) is 42.5 Å². The lowest BCUT2D eigenvalue weighted by atomic mass is 10.0. The van der Waals surface area contributed by atoms with Crippen molar-refractivity contribution in [2.75, 3.05) is 14.2 Å². The second-order valence-electron chi connectivity index (χ2n) is 6.07. The summed E-state index contributed by atoms with van der Waals surface area (Å²) < 4.78 is 55.8. The average molecular weight is 450 g/mol. The first-order valence-corrected chi connectivity index (χ1v) is 9.68. The Labute approximate surface area is 179 Å². The Balaban J connectivity index is 1.94. The van der Waals surface area contributed by atoms with E-state index in [1.807, 2.05) is 0 Å². The van der Waals surface area contributed by atoms with E-state index >= 15 is 0 Å². The van der Waals surface area contributed by atoms with E-state index in [2.05, 4.69) is 9.97 Å². The normalized spacial score (nSPS) is 11.8. The van der Waals surface area contributed by atoms with Crippen LogP contribution in [0.25, 0.3) is 16.3 Å². The summed E-state index contributed by atoms with van der Waals surface area (Å²) in [4.78, 5) is 19.2. The van der Waals surface area contributed by atoms with Crippen molar-refractivity contribution in [1.29, 1.82) is 0 Å². The number of methoxy groups -OCH3 is 2. The summed E-state index contributed by atoms with van der Waals surface area (Å²) in [5.74, 6) is -1.21. The van der Waals surface area contributed by atoms with Crippen LogP contribution in [0.2, 0.25) is 0 Å². The molecule has 2 heterocycles. The Kier molecular flexibility index (Phi) is 6.91. The number of halogens is 3. The van der Waals surface area contributed by atoms with Crippen molar-refractivity contribution in [2.45, 2.75) is 12.8 Å². The van der Waals surface area contributed by atoms with Gasteiger partial charge in [-0.1, -0.05) is 30.3 Å². The molecule has 0 N–H and O–H groups in total. The molecule has 0 radical (unpaired) electrons. The summed E-state index contributed by atoms with van der Waals surface area (Å²) in [5, 5.41) is 0.0886.